The summed E-state index contributed by atoms with van der Waals surface area (Å²) in [5, 5.41) is 5.62. The third-order valence-corrected chi connectivity index (χ3v) is 3.96. The van der Waals surface area contributed by atoms with Gasteiger partial charge in [0.15, 0.2) is 23.3 Å². The summed E-state index contributed by atoms with van der Waals surface area (Å²) in [6, 6.07) is 0.862. The van der Waals surface area contributed by atoms with Gasteiger partial charge in [-0.25, -0.2) is 13.8 Å². The van der Waals surface area contributed by atoms with Gasteiger partial charge in [-0.2, -0.15) is 0 Å². The summed E-state index contributed by atoms with van der Waals surface area (Å²) in [6.45, 7) is 2.84. The van der Waals surface area contributed by atoms with Crippen LogP contribution >= 0.6 is 0 Å². The van der Waals surface area contributed by atoms with E-state index in [-0.39, 0.29) is 17.1 Å². The number of halogens is 2. The molecule has 1 fully saturated rings. The Kier molecular flexibility index (Phi) is 3.68. The Morgan fingerprint density at radius 2 is 1.94 bits per heavy atom. The Hall–Kier alpha value is -1.39. The number of nitrogens with zero attached hydrogens (tertiary/aromatic N) is 1. The first-order chi connectivity index (χ1) is 8.60. The summed E-state index contributed by atoms with van der Waals surface area (Å²) in [6.07, 6.45) is 4.63. The zero-order valence-corrected chi connectivity index (χ0v) is 10.8. The Morgan fingerprint density at radius 3 is 2.44 bits per heavy atom. The molecule has 3 nitrogen and oxygen atoms in total. The fourth-order valence-corrected chi connectivity index (χ4v) is 2.37. The van der Waals surface area contributed by atoms with Crippen LogP contribution in [0.3, 0.4) is 0 Å². The summed E-state index contributed by atoms with van der Waals surface area (Å²) < 4.78 is 26.8. The second-order valence-electron chi connectivity index (χ2n) is 4.96. The molecule has 1 saturated carbocycles. The van der Waals surface area contributed by atoms with Crippen molar-refractivity contribution in [2.75, 3.05) is 24.2 Å². The van der Waals surface area contributed by atoms with Crippen LogP contribution in [-0.4, -0.2) is 18.6 Å². The predicted octanol–water partition coefficient (Wildman–Crippen LogP) is 3.39. The van der Waals surface area contributed by atoms with E-state index >= 15 is 0 Å². The van der Waals surface area contributed by atoms with Crippen molar-refractivity contribution in [1.82, 2.24) is 4.98 Å². The maximum atomic E-state index is 13.6. The van der Waals surface area contributed by atoms with Gasteiger partial charge in [-0.05, 0) is 24.7 Å². The van der Waals surface area contributed by atoms with Crippen molar-refractivity contribution in [3.8, 4) is 0 Å². The van der Waals surface area contributed by atoms with Crippen LogP contribution in [0.1, 0.15) is 32.6 Å². The predicted molar refractivity (Wildman–Crippen MR) is 68.8 cm³/mol. The maximum absolute atomic E-state index is 13.6. The van der Waals surface area contributed by atoms with Crippen molar-refractivity contribution >= 4 is 11.6 Å². The molecule has 0 aliphatic heterocycles. The Balaban J connectivity index is 2.09. The molecule has 0 bridgehead atoms. The van der Waals surface area contributed by atoms with Crippen LogP contribution in [0.2, 0.25) is 0 Å². The van der Waals surface area contributed by atoms with Gasteiger partial charge in [0.2, 0.25) is 0 Å². The first-order valence-corrected chi connectivity index (χ1v) is 6.38. The average molecular weight is 255 g/mol. The molecule has 100 valence electrons. The number of nitrogens with one attached hydrogen (secondary N) is 2. The van der Waals surface area contributed by atoms with Crippen LogP contribution in [0.4, 0.5) is 20.4 Å². The van der Waals surface area contributed by atoms with Crippen molar-refractivity contribution in [3.05, 3.63) is 17.7 Å². The van der Waals surface area contributed by atoms with Crippen molar-refractivity contribution in [3.63, 3.8) is 0 Å². The van der Waals surface area contributed by atoms with Crippen molar-refractivity contribution < 1.29 is 8.78 Å². The lowest BCUT2D eigenvalue weighted by atomic mass is 9.67. The average Bonchev–Trinajstić information content (AvgIpc) is 2.30. The lowest BCUT2D eigenvalue weighted by molar-refractivity contribution is 0.144. The number of aromatic nitrogens is 1. The second kappa shape index (κ2) is 5.08. The highest BCUT2D eigenvalue weighted by Crippen LogP contribution is 2.43. The lowest BCUT2D eigenvalue weighted by Gasteiger charge is -2.41. The van der Waals surface area contributed by atoms with E-state index in [4.69, 9.17) is 0 Å². The normalized spacial score (nSPS) is 17.1. The van der Waals surface area contributed by atoms with Crippen LogP contribution in [-0.2, 0) is 0 Å². The highest BCUT2D eigenvalue weighted by Gasteiger charge is 2.35. The minimum absolute atomic E-state index is 0.0676. The Labute approximate surface area is 106 Å². The van der Waals surface area contributed by atoms with Gasteiger partial charge in [-0.3, -0.25) is 0 Å². The van der Waals surface area contributed by atoms with E-state index in [1.165, 1.54) is 6.42 Å². The zero-order valence-electron chi connectivity index (χ0n) is 10.8. The van der Waals surface area contributed by atoms with E-state index in [0.29, 0.717) is 6.54 Å². The Morgan fingerprint density at radius 1 is 1.28 bits per heavy atom. The SMILES string of the molecule is CCC1(CNc2nc(NC)c(F)cc2F)CCC1. The number of anilines is 2. The molecule has 1 aromatic rings. The van der Waals surface area contributed by atoms with Gasteiger partial charge in [-0.1, -0.05) is 13.3 Å². The Bertz CT molecular complexity index is 425. The molecule has 0 atom stereocenters. The first kappa shape index (κ1) is 13.1. The van der Waals surface area contributed by atoms with Gasteiger partial charge in [0, 0.05) is 19.7 Å². The maximum Gasteiger partial charge on any atom is 0.168 e. The smallest absolute Gasteiger partial charge is 0.168 e. The molecule has 0 saturated heterocycles. The highest BCUT2D eigenvalue weighted by molar-refractivity contribution is 5.47. The van der Waals surface area contributed by atoms with Crippen molar-refractivity contribution in [1.29, 1.82) is 0 Å². The van der Waals surface area contributed by atoms with E-state index in [0.717, 1.165) is 25.3 Å². The van der Waals surface area contributed by atoms with E-state index in [9.17, 15) is 8.78 Å². The van der Waals surface area contributed by atoms with Crippen molar-refractivity contribution in [2.24, 2.45) is 5.41 Å². The van der Waals surface area contributed by atoms with Gasteiger partial charge >= 0.3 is 0 Å². The molecule has 5 heteroatoms. The van der Waals surface area contributed by atoms with Crippen LogP contribution in [0.25, 0.3) is 0 Å². The lowest BCUT2D eigenvalue weighted by Crippen LogP contribution is -2.36. The van der Waals surface area contributed by atoms with E-state index in [1.54, 1.807) is 7.05 Å². The van der Waals surface area contributed by atoms with Gasteiger partial charge in [0.1, 0.15) is 0 Å². The van der Waals surface area contributed by atoms with Gasteiger partial charge in [-0.15, -0.1) is 0 Å². The van der Waals surface area contributed by atoms with E-state index in [2.05, 4.69) is 22.5 Å². The second-order valence-corrected chi connectivity index (χ2v) is 4.96. The zero-order chi connectivity index (χ0) is 13.2. The number of hydrogen-bond donors (Lipinski definition) is 2. The van der Waals surface area contributed by atoms with Crippen molar-refractivity contribution in [2.45, 2.75) is 32.6 Å². The van der Waals surface area contributed by atoms with Crippen LogP contribution in [0.5, 0.6) is 0 Å². The van der Waals surface area contributed by atoms with E-state index in [1.807, 2.05) is 0 Å². The minimum Gasteiger partial charge on any atom is -0.371 e. The number of rotatable bonds is 5. The molecule has 0 radical (unpaired) electrons. The molecule has 2 rings (SSSR count). The topological polar surface area (TPSA) is 37.0 Å². The summed E-state index contributed by atoms with van der Waals surface area (Å²) in [5.41, 5.74) is 0.266. The van der Waals surface area contributed by atoms with Gasteiger partial charge in [0.25, 0.3) is 0 Å². The van der Waals surface area contributed by atoms with E-state index < -0.39 is 11.6 Å². The molecule has 1 aliphatic carbocycles. The number of hydrogen-bond acceptors (Lipinski definition) is 3. The first-order valence-electron chi connectivity index (χ1n) is 6.38. The minimum atomic E-state index is -0.672. The quantitative estimate of drug-likeness (QED) is 0.846. The molecule has 1 aliphatic rings. The molecule has 0 unspecified atom stereocenters. The molecule has 2 N–H and O–H groups in total. The molecule has 1 heterocycles. The molecule has 1 aromatic heterocycles. The summed E-state index contributed by atoms with van der Waals surface area (Å²) >= 11 is 0. The standard InChI is InChI=1S/C13H19F2N3/c1-3-13(5-4-6-13)8-17-12-10(15)7-9(14)11(16-2)18-12/h7H,3-6,8H2,1-2H3,(H2,16,17,18). The third kappa shape index (κ3) is 2.40. The molecular weight excluding hydrogens is 236 g/mol. The molecule has 0 amide bonds. The van der Waals surface area contributed by atoms with Gasteiger partial charge < -0.3 is 10.6 Å². The highest BCUT2D eigenvalue weighted by atomic mass is 19.1. The largest absolute Gasteiger partial charge is 0.371 e. The third-order valence-electron chi connectivity index (χ3n) is 3.96. The van der Waals surface area contributed by atoms with Crippen LogP contribution < -0.4 is 10.6 Å². The molecule has 18 heavy (non-hydrogen) atoms. The fourth-order valence-electron chi connectivity index (χ4n) is 2.37. The number of pyridine rings is 1. The molecular formula is C13H19F2N3. The summed E-state index contributed by atoms with van der Waals surface area (Å²) in [5.74, 6) is -1.12. The van der Waals surface area contributed by atoms with Crippen LogP contribution in [0.15, 0.2) is 6.07 Å². The molecule has 0 spiro atoms. The molecule has 0 aromatic carbocycles. The fraction of sp³-hybridized carbons (Fsp3) is 0.615. The summed E-state index contributed by atoms with van der Waals surface area (Å²) in [4.78, 5) is 3.91. The van der Waals surface area contributed by atoms with Gasteiger partial charge in [0.05, 0.1) is 0 Å². The summed E-state index contributed by atoms with van der Waals surface area (Å²) in [7, 11) is 1.56. The van der Waals surface area contributed by atoms with Crippen LogP contribution in [0, 0.1) is 17.0 Å². The monoisotopic (exact) mass is 255 g/mol.